The molecule has 15 N–H and O–H groups in total. The lowest BCUT2D eigenvalue weighted by atomic mass is 9.91. The molecular weight excluding hydrogens is 1150 g/mol. The highest BCUT2D eigenvalue weighted by molar-refractivity contribution is 5.92. The quantitative estimate of drug-likeness (QED) is 0.0422. The number of hydrogen-bond donors (Lipinski definition) is 14. The number of aliphatic hydroxyl groups is 2. The molecule has 7 atom stereocenters. The number of ketones is 4. The Balaban J connectivity index is 1.73. The van der Waals surface area contributed by atoms with Crippen molar-refractivity contribution < 1.29 is 83.1 Å². The lowest BCUT2D eigenvalue weighted by molar-refractivity contribution is -0.145. The van der Waals surface area contributed by atoms with Crippen LogP contribution in [0.25, 0.3) is 0 Å². The molecule has 0 aliphatic rings. The van der Waals surface area contributed by atoms with Gasteiger partial charge in [0.15, 0.2) is 5.78 Å². The van der Waals surface area contributed by atoms with E-state index in [9.17, 15) is 78.0 Å². The van der Waals surface area contributed by atoms with Gasteiger partial charge in [-0.2, -0.15) is 0 Å². The first-order valence-corrected chi connectivity index (χ1v) is 31.0. The number of hydrogen-bond acceptors (Lipinski definition) is 18. The van der Waals surface area contributed by atoms with Crippen molar-refractivity contribution in [3.8, 4) is 0 Å². The molecule has 5 amide bonds. The fraction of sp³-hybridized carbons (Fsp3) is 0.700. The van der Waals surface area contributed by atoms with Crippen LogP contribution in [0.1, 0.15) is 192 Å². The zero-order valence-electron chi connectivity index (χ0n) is 51.0. The number of amides is 5. The van der Waals surface area contributed by atoms with E-state index >= 15 is 0 Å². The Morgan fingerprint density at radius 2 is 1.09 bits per heavy atom. The van der Waals surface area contributed by atoms with Gasteiger partial charge in [0.05, 0.1) is 57.0 Å². The lowest BCUT2D eigenvalue weighted by Gasteiger charge is -2.23. The minimum atomic E-state index is -1.56. The number of nitrogens with two attached hydrogens (primary N) is 1. The zero-order valence-corrected chi connectivity index (χ0v) is 51.0. The van der Waals surface area contributed by atoms with Gasteiger partial charge in [-0.25, -0.2) is 14.8 Å². The SMILES string of the molecule is C[C@@H](O)[C@H](NC(=O)[C@H](CCCCNC(=O)CNCC(=O)[C@H](CO)NC(=O)CC[C@H](NC(=O)CC[C@H](CC(=O)CCCCCCCCCCCCCCCCC(=O)O)C(=O)O)C(=O)O)CCC(=O)[C@H](Cc1cnc[nH]1)NCC(=O)CCc1cnc[nH]1)C(N)=O. The van der Waals surface area contributed by atoms with E-state index in [4.69, 9.17) is 10.8 Å². The Bertz CT molecular complexity index is 2440. The number of aromatic nitrogens is 4. The second kappa shape index (κ2) is 45.9. The van der Waals surface area contributed by atoms with Crippen LogP contribution in [-0.4, -0.2) is 179 Å². The summed E-state index contributed by atoms with van der Waals surface area (Å²) < 4.78 is 0. The third kappa shape index (κ3) is 36.1. The number of imidazole rings is 2. The summed E-state index contributed by atoms with van der Waals surface area (Å²) in [6.45, 7) is -0.318. The van der Waals surface area contributed by atoms with E-state index < -0.39 is 128 Å². The number of carboxylic acid groups (broad SMARTS) is 3. The number of Topliss-reactive ketones (excluding diaryl/α,β-unsaturated/α-hetero) is 4. The predicted octanol–water partition coefficient (Wildman–Crippen LogP) is 2.19. The molecule has 2 heterocycles. The fourth-order valence-corrected chi connectivity index (χ4v) is 9.77. The Morgan fingerprint density at radius 3 is 1.62 bits per heavy atom. The first-order valence-electron chi connectivity index (χ1n) is 31.0. The Kier molecular flexibility index (Phi) is 40.1. The standard InChI is InChI=1S/C60H97N11O17/c1-40(73)56(57(61)83)71-58(84)41(21-26-50(76)48(31-44-33-64-39-68-44)66-34-46(75)24-23-43-32-63-38-67-43)18-16-17-29-65-54(80)36-62-35-51(77)49(37-72)70-53(79)28-25-47(60(87)88)69-52(78)27-22-42(59(85)86)30-45(74)19-14-12-10-8-6-4-2-3-5-7-9-11-13-15-20-55(81)82/h32-33,38-42,47-49,56,62,66,72-73H,2-31,34-37H2,1H3,(H2,61,83)(H,63,67)(H,64,68)(H,65,80)(H,69,78)(H,70,79)(H,71,84)(H,81,82)(H,85,86)(H,87,88)/t40-,41-,42-,47+,48+,49+,56+/m1/s1. The molecule has 0 unspecified atom stereocenters. The van der Waals surface area contributed by atoms with Gasteiger partial charge in [0.1, 0.15) is 35.5 Å². The van der Waals surface area contributed by atoms with E-state index in [2.05, 4.69) is 51.8 Å². The van der Waals surface area contributed by atoms with E-state index in [0.29, 0.717) is 31.4 Å². The van der Waals surface area contributed by atoms with Gasteiger partial charge in [0.25, 0.3) is 0 Å². The predicted molar refractivity (Wildman–Crippen MR) is 321 cm³/mol. The number of unbranched alkanes of at least 4 members (excludes halogenated alkanes) is 14. The molecule has 0 aliphatic carbocycles. The van der Waals surface area contributed by atoms with Gasteiger partial charge in [-0.1, -0.05) is 83.5 Å². The monoisotopic (exact) mass is 1240 g/mol. The maximum atomic E-state index is 13.7. The number of aliphatic carboxylic acids is 3. The Hall–Kier alpha value is -7.30. The van der Waals surface area contributed by atoms with Gasteiger partial charge in [-0.3, -0.25) is 52.7 Å². The van der Waals surface area contributed by atoms with Crippen LogP contribution in [0.5, 0.6) is 0 Å². The summed E-state index contributed by atoms with van der Waals surface area (Å²) >= 11 is 0. The van der Waals surface area contributed by atoms with Gasteiger partial charge >= 0.3 is 17.9 Å². The second-order valence-corrected chi connectivity index (χ2v) is 22.5. The van der Waals surface area contributed by atoms with Gasteiger partial charge < -0.3 is 73.1 Å². The molecule has 0 aromatic carbocycles. The fourth-order valence-electron chi connectivity index (χ4n) is 9.77. The molecule has 2 aromatic rings. The van der Waals surface area contributed by atoms with Crippen LogP contribution in [0, 0.1) is 11.8 Å². The minimum absolute atomic E-state index is 0.0312. The van der Waals surface area contributed by atoms with E-state index in [-0.39, 0.29) is 94.8 Å². The number of H-pyrrole nitrogens is 2. The number of carbonyl (C=O) groups is 12. The number of aliphatic hydroxyl groups excluding tert-OH is 2. The topological polar surface area (TPSA) is 462 Å². The van der Waals surface area contributed by atoms with Crippen LogP contribution < -0.4 is 37.6 Å². The Labute approximate surface area is 514 Å². The zero-order chi connectivity index (χ0) is 65.1. The normalized spacial score (nSPS) is 13.6. The average molecular weight is 1240 g/mol. The van der Waals surface area contributed by atoms with E-state index in [1.54, 1.807) is 12.4 Å². The Morgan fingerprint density at radius 1 is 0.534 bits per heavy atom. The number of nitrogens with one attached hydrogen (secondary N) is 8. The summed E-state index contributed by atoms with van der Waals surface area (Å²) in [5, 5.41) is 63.5. The summed E-state index contributed by atoms with van der Waals surface area (Å²) in [5.74, 6) is -10.6. The third-order valence-corrected chi connectivity index (χ3v) is 15.1. The molecule has 88 heavy (non-hydrogen) atoms. The van der Waals surface area contributed by atoms with Gasteiger partial charge in [0, 0.05) is 87.6 Å². The largest absolute Gasteiger partial charge is 0.481 e. The number of primary amides is 1. The summed E-state index contributed by atoms with van der Waals surface area (Å²) in [6, 6.07) is -5.21. The van der Waals surface area contributed by atoms with Crippen molar-refractivity contribution in [2.24, 2.45) is 17.6 Å². The van der Waals surface area contributed by atoms with Crippen molar-refractivity contribution in [1.29, 1.82) is 0 Å². The molecule has 28 heteroatoms. The molecule has 0 saturated carbocycles. The number of carboxylic acids is 3. The van der Waals surface area contributed by atoms with Crippen molar-refractivity contribution >= 4 is 70.6 Å². The number of rotatable bonds is 56. The summed E-state index contributed by atoms with van der Waals surface area (Å²) in [7, 11) is 0. The molecule has 0 radical (unpaired) electrons. The summed E-state index contributed by atoms with van der Waals surface area (Å²) in [5.41, 5.74) is 6.84. The van der Waals surface area contributed by atoms with E-state index in [1.807, 2.05) is 0 Å². The molecule has 0 aliphatic heterocycles. The van der Waals surface area contributed by atoms with Crippen molar-refractivity contribution in [2.45, 2.75) is 223 Å². The molecular formula is C60H97N11O17. The van der Waals surface area contributed by atoms with Gasteiger partial charge in [0.2, 0.25) is 29.5 Å². The minimum Gasteiger partial charge on any atom is -0.481 e. The highest BCUT2D eigenvalue weighted by atomic mass is 16.4. The number of carbonyl (C=O) groups excluding carboxylic acids is 9. The highest BCUT2D eigenvalue weighted by Gasteiger charge is 2.30. The summed E-state index contributed by atoms with van der Waals surface area (Å²) in [6.07, 6.45) is 19.4. The van der Waals surface area contributed by atoms with Gasteiger partial charge in [-0.15, -0.1) is 0 Å². The number of nitrogens with zero attached hydrogens (tertiary/aromatic N) is 2. The van der Waals surface area contributed by atoms with E-state index in [0.717, 1.165) is 76.3 Å². The molecule has 0 bridgehead atoms. The van der Waals surface area contributed by atoms with Crippen LogP contribution in [-0.2, 0) is 70.4 Å². The van der Waals surface area contributed by atoms with Crippen molar-refractivity contribution in [1.82, 2.24) is 51.8 Å². The second-order valence-electron chi connectivity index (χ2n) is 22.5. The molecule has 2 aromatic heterocycles. The van der Waals surface area contributed by atoms with Crippen LogP contribution >= 0.6 is 0 Å². The molecule has 0 saturated heterocycles. The van der Waals surface area contributed by atoms with Crippen molar-refractivity contribution in [3.05, 3.63) is 36.4 Å². The first kappa shape index (κ1) is 76.8. The molecule has 0 spiro atoms. The van der Waals surface area contributed by atoms with Crippen LogP contribution in [0.15, 0.2) is 25.0 Å². The summed E-state index contributed by atoms with van der Waals surface area (Å²) in [4.78, 5) is 164. The smallest absolute Gasteiger partial charge is 0.326 e. The number of aryl methyl sites for hydroxylation is 1. The van der Waals surface area contributed by atoms with Crippen molar-refractivity contribution in [3.63, 3.8) is 0 Å². The average Bonchev–Trinajstić information content (AvgIpc) is 4.26. The lowest BCUT2D eigenvalue weighted by Crippen LogP contribution is -2.52. The number of aromatic amines is 2. The molecule has 0 fully saturated rings. The molecule has 2 rings (SSSR count). The maximum absolute atomic E-state index is 13.7. The molecule has 494 valence electrons. The first-order chi connectivity index (χ1) is 42.1. The molecule has 28 nitrogen and oxygen atoms in total. The van der Waals surface area contributed by atoms with Crippen molar-refractivity contribution in [2.75, 3.05) is 32.8 Å². The van der Waals surface area contributed by atoms with Crippen LogP contribution in [0.4, 0.5) is 0 Å². The van der Waals surface area contributed by atoms with Gasteiger partial charge in [-0.05, 0) is 58.3 Å². The third-order valence-electron chi connectivity index (χ3n) is 15.1. The highest BCUT2D eigenvalue weighted by Crippen LogP contribution is 2.20. The van der Waals surface area contributed by atoms with E-state index in [1.165, 1.54) is 32.4 Å². The van der Waals surface area contributed by atoms with Crippen LogP contribution in [0.2, 0.25) is 0 Å². The maximum Gasteiger partial charge on any atom is 0.326 e. The van der Waals surface area contributed by atoms with Crippen LogP contribution in [0.3, 0.4) is 0 Å².